The molecule has 1 unspecified atom stereocenters. The molecule has 2 rings (SSSR count). The molecule has 0 bridgehead atoms. The summed E-state index contributed by atoms with van der Waals surface area (Å²) in [5.74, 6) is 0.560. The van der Waals surface area contributed by atoms with E-state index in [1.807, 2.05) is 6.92 Å². The molecule has 0 aliphatic carbocycles. The van der Waals surface area contributed by atoms with Gasteiger partial charge in [-0.2, -0.15) is 0 Å². The van der Waals surface area contributed by atoms with Crippen LogP contribution in [0.4, 0.5) is 11.5 Å². The summed E-state index contributed by atoms with van der Waals surface area (Å²) < 4.78 is 10.2. The molecule has 2 aromatic rings. The first-order valence-electron chi connectivity index (χ1n) is 7.33. The van der Waals surface area contributed by atoms with Crippen molar-refractivity contribution in [3.8, 4) is 0 Å². The van der Waals surface area contributed by atoms with Gasteiger partial charge >= 0.3 is 5.97 Å². The highest BCUT2D eigenvalue weighted by Crippen LogP contribution is 2.13. The van der Waals surface area contributed by atoms with Gasteiger partial charge in [0.2, 0.25) is 0 Å². The van der Waals surface area contributed by atoms with Gasteiger partial charge in [0.1, 0.15) is 24.4 Å². The summed E-state index contributed by atoms with van der Waals surface area (Å²) in [4.78, 5) is 25.7. The second-order valence-electron chi connectivity index (χ2n) is 4.89. The highest BCUT2D eigenvalue weighted by Gasteiger charge is 2.11. The van der Waals surface area contributed by atoms with E-state index in [9.17, 15) is 14.9 Å². The predicted octanol–water partition coefficient (Wildman–Crippen LogP) is 3.03. The molecule has 0 radical (unpaired) electrons. The first-order chi connectivity index (χ1) is 11.6. The number of hydrogen-bond donors (Lipinski definition) is 1. The van der Waals surface area contributed by atoms with Gasteiger partial charge in [0, 0.05) is 12.1 Å². The Morgan fingerprint density at radius 2 is 2.33 bits per heavy atom. The maximum absolute atomic E-state index is 11.7. The lowest BCUT2D eigenvalue weighted by Gasteiger charge is -2.16. The topological polar surface area (TPSA) is 108 Å². The van der Waals surface area contributed by atoms with Crippen LogP contribution in [0.15, 0.2) is 47.2 Å². The van der Waals surface area contributed by atoms with Crippen molar-refractivity contribution in [2.75, 3.05) is 11.9 Å². The summed E-state index contributed by atoms with van der Waals surface area (Å²) in [5.41, 5.74) is -0.0805. The zero-order valence-electron chi connectivity index (χ0n) is 13.0. The maximum atomic E-state index is 11.7. The quantitative estimate of drug-likeness (QED) is 0.343. The number of esters is 1. The third-order valence-corrected chi connectivity index (χ3v) is 3.16. The number of ether oxygens (including phenoxy) is 1. The van der Waals surface area contributed by atoms with Crippen molar-refractivity contribution in [3.63, 3.8) is 0 Å². The summed E-state index contributed by atoms with van der Waals surface area (Å²) >= 11 is 0. The zero-order chi connectivity index (χ0) is 17.4. The lowest BCUT2D eigenvalue weighted by Crippen LogP contribution is -2.26. The van der Waals surface area contributed by atoms with Crippen LogP contribution < -0.4 is 5.32 Å². The molecule has 1 N–H and O–H groups in total. The fourth-order valence-corrected chi connectivity index (χ4v) is 1.82. The number of nitro groups is 1. The second-order valence-corrected chi connectivity index (χ2v) is 4.89. The minimum Gasteiger partial charge on any atom is -0.465 e. The normalized spacial score (nSPS) is 12.0. The highest BCUT2D eigenvalue weighted by molar-refractivity contribution is 5.86. The van der Waals surface area contributed by atoms with E-state index in [0.717, 1.165) is 0 Å². The van der Waals surface area contributed by atoms with Crippen LogP contribution in [0.5, 0.6) is 0 Å². The number of carbonyl (C=O) groups excluding carboxylic acids is 1. The molecule has 0 aliphatic heterocycles. The summed E-state index contributed by atoms with van der Waals surface area (Å²) in [7, 11) is 0. The van der Waals surface area contributed by atoms with Crippen LogP contribution in [-0.4, -0.2) is 28.5 Å². The fourth-order valence-electron chi connectivity index (χ4n) is 1.82. The van der Waals surface area contributed by atoms with Crippen LogP contribution in [0, 0.1) is 10.1 Å². The van der Waals surface area contributed by atoms with Gasteiger partial charge in [0.25, 0.3) is 5.69 Å². The number of pyridine rings is 1. The summed E-state index contributed by atoms with van der Waals surface area (Å²) in [5, 5.41) is 13.7. The Hall–Kier alpha value is -3.16. The number of rotatable bonds is 8. The van der Waals surface area contributed by atoms with Crippen molar-refractivity contribution in [3.05, 3.63) is 58.7 Å². The number of aromatic nitrogens is 1. The van der Waals surface area contributed by atoms with Gasteiger partial charge in [-0.15, -0.1) is 0 Å². The Labute approximate surface area is 138 Å². The molecule has 1 atom stereocenters. The van der Waals surface area contributed by atoms with Crippen LogP contribution in [0.3, 0.4) is 0 Å². The zero-order valence-corrected chi connectivity index (χ0v) is 13.0. The molecule has 0 saturated heterocycles. The number of hydrogen-bond acceptors (Lipinski definition) is 7. The minimum absolute atomic E-state index is 0.0805. The van der Waals surface area contributed by atoms with Gasteiger partial charge < -0.3 is 14.5 Å². The van der Waals surface area contributed by atoms with E-state index in [4.69, 9.17) is 9.15 Å². The molecule has 0 saturated carbocycles. The maximum Gasteiger partial charge on any atom is 0.330 e. The van der Waals surface area contributed by atoms with E-state index < -0.39 is 10.9 Å². The average Bonchev–Trinajstić information content (AvgIpc) is 3.10. The van der Waals surface area contributed by atoms with Crippen LogP contribution >= 0.6 is 0 Å². The smallest absolute Gasteiger partial charge is 0.330 e. The molecule has 0 fully saturated rings. The third kappa shape index (κ3) is 5.24. The van der Waals surface area contributed by atoms with Crippen LogP contribution in [0.2, 0.25) is 0 Å². The van der Waals surface area contributed by atoms with Crippen LogP contribution in [-0.2, 0) is 9.53 Å². The van der Waals surface area contributed by atoms with Crippen molar-refractivity contribution in [1.82, 2.24) is 4.98 Å². The molecule has 8 heteroatoms. The highest BCUT2D eigenvalue weighted by atomic mass is 16.6. The predicted molar refractivity (Wildman–Crippen MR) is 87.3 cm³/mol. The summed E-state index contributed by atoms with van der Waals surface area (Å²) in [6, 6.07) is 6.17. The first-order valence-corrected chi connectivity index (χ1v) is 7.33. The molecule has 0 aromatic carbocycles. The number of furan rings is 1. The van der Waals surface area contributed by atoms with Gasteiger partial charge in [-0.3, -0.25) is 10.1 Å². The van der Waals surface area contributed by atoms with E-state index in [-0.39, 0.29) is 18.3 Å². The Morgan fingerprint density at radius 3 is 2.92 bits per heavy atom. The van der Waals surface area contributed by atoms with E-state index in [0.29, 0.717) is 18.0 Å². The monoisotopic (exact) mass is 331 g/mol. The van der Waals surface area contributed by atoms with Crippen molar-refractivity contribution >= 4 is 23.6 Å². The van der Waals surface area contributed by atoms with E-state index in [2.05, 4.69) is 10.3 Å². The largest absolute Gasteiger partial charge is 0.465 e. The van der Waals surface area contributed by atoms with Gasteiger partial charge in [-0.1, -0.05) is 6.92 Å². The summed E-state index contributed by atoms with van der Waals surface area (Å²) in [6.07, 6.45) is 6.19. The number of carbonyl (C=O) groups is 1. The Bertz CT molecular complexity index is 695. The van der Waals surface area contributed by atoms with Crippen molar-refractivity contribution in [2.24, 2.45) is 0 Å². The van der Waals surface area contributed by atoms with Crippen molar-refractivity contribution in [1.29, 1.82) is 0 Å². The van der Waals surface area contributed by atoms with E-state index in [1.54, 1.807) is 12.1 Å². The molecule has 2 aromatic heterocycles. The Morgan fingerprint density at radius 1 is 1.50 bits per heavy atom. The molecular weight excluding hydrogens is 314 g/mol. The average molecular weight is 331 g/mol. The summed E-state index contributed by atoms with van der Waals surface area (Å²) in [6.45, 7) is 2.08. The van der Waals surface area contributed by atoms with Crippen LogP contribution in [0.25, 0.3) is 6.08 Å². The van der Waals surface area contributed by atoms with E-state index in [1.165, 1.54) is 36.7 Å². The van der Waals surface area contributed by atoms with Crippen molar-refractivity contribution in [2.45, 2.75) is 19.4 Å². The molecule has 0 amide bonds. The molecule has 24 heavy (non-hydrogen) atoms. The standard InChI is InChI=1S/C16H17N3O5/c1-2-12(18-15-7-5-13(10-17-15)19(21)22)11-24-16(20)8-6-14-4-3-9-23-14/h3-10,12H,2,11H2,1H3,(H,17,18)/b8-6+. The molecule has 8 nitrogen and oxygen atoms in total. The van der Waals surface area contributed by atoms with Crippen LogP contribution in [0.1, 0.15) is 19.1 Å². The lowest BCUT2D eigenvalue weighted by molar-refractivity contribution is -0.385. The molecule has 0 aliphatic rings. The lowest BCUT2D eigenvalue weighted by atomic mass is 10.2. The van der Waals surface area contributed by atoms with Gasteiger partial charge in [-0.05, 0) is 30.7 Å². The SMILES string of the molecule is CCC(COC(=O)/C=C/c1ccco1)Nc1ccc([N+](=O)[O-])cn1. The van der Waals surface area contributed by atoms with E-state index >= 15 is 0 Å². The first kappa shape index (κ1) is 17.2. The van der Waals surface area contributed by atoms with Gasteiger partial charge in [0.15, 0.2) is 0 Å². The molecule has 2 heterocycles. The van der Waals surface area contributed by atoms with Gasteiger partial charge in [-0.25, -0.2) is 9.78 Å². The number of anilines is 1. The Kier molecular flexibility index (Phi) is 6.07. The number of nitrogens with one attached hydrogen (secondary N) is 1. The Balaban J connectivity index is 1.83. The fraction of sp³-hybridized carbons (Fsp3) is 0.250. The molecule has 126 valence electrons. The van der Waals surface area contributed by atoms with Crippen molar-refractivity contribution < 1.29 is 18.9 Å². The van der Waals surface area contributed by atoms with Gasteiger partial charge in [0.05, 0.1) is 17.2 Å². The number of nitrogens with zero attached hydrogens (tertiary/aromatic N) is 2. The molecular formula is C16H17N3O5. The molecule has 0 spiro atoms. The minimum atomic E-state index is -0.513. The third-order valence-electron chi connectivity index (χ3n) is 3.16. The second kappa shape index (κ2) is 8.47.